The lowest BCUT2D eigenvalue weighted by Crippen LogP contribution is -2.36. The van der Waals surface area contributed by atoms with Crippen molar-refractivity contribution >= 4 is 11.5 Å². The zero-order chi connectivity index (χ0) is 16.4. The summed E-state index contributed by atoms with van der Waals surface area (Å²) in [7, 11) is 0. The van der Waals surface area contributed by atoms with Crippen molar-refractivity contribution < 1.29 is 20.1 Å². The second-order valence-corrected chi connectivity index (χ2v) is 5.22. The Bertz CT molecular complexity index is 721. The molecule has 0 radical (unpaired) electrons. The summed E-state index contributed by atoms with van der Waals surface area (Å²) in [6.45, 7) is -0.454. The minimum Gasteiger partial charge on any atom is -0.394 e. The summed E-state index contributed by atoms with van der Waals surface area (Å²) in [5, 5.41) is 31.8. The molecule has 1 aromatic heterocycles. The molecule has 4 atom stereocenters. The largest absolute Gasteiger partial charge is 0.394 e. The number of hydrogen-bond acceptors (Lipinski definition) is 7. The van der Waals surface area contributed by atoms with E-state index in [0.29, 0.717) is 5.82 Å². The molecular formula is C15H17N3O5. The Labute approximate surface area is 131 Å². The first kappa shape index (κ1) is 15.6. The first-order valence-corrected chi connectivity index (χ1v) is 7.14. The van der Waals surface area contributed by atoms with Crippen LogP contribution < -0.4 is 11.0 Å². The molecule has 3 rings (SSSR count). The summed E-state index contributed by atoms with van der Waals surface area (Å²) in [6, 6.07) is 10.8. The Kier molecular flexibility index (Phi) is 4.39. The van der Waals surface area contributed by atoms with Crippen LogP contribution in [0, 0.1) is 0 Å². The zero-order valence-corrected chi connectivity index (χ0v) is 12.1. The van der Waals surface area contributed by atoms with Gasteiger partial charge in [-0.2, -0.15) is 4.98 Å². The van der Waals surface area contributed by atoms with Crippen molar-refractivity contribution in [2.45, 2.75) is 24.5 Å². The van der Waals surface area contributed by atoms with Gasteiger partial charge < -0.3 is 25.4 Å². The Balaban J connectivity index is 1.82. The number of nitrogens with one attached hydrogen (secondary N) is 1. The van der Waals surface area contributed by atoms with Gasteiger partial charge in [-0.1, -0.05) is 18.2 Å². The van der Waals surface area contributed by atoms with Gasteiger partial charge in [-0.15, -0.1) is 0 Å². The summed E-state index contributed by atoms with van der Waals surface area (Å²) in [6.07, 6.45) is -3.20. The van der Waals surface area contributed by atoms with E-state index >= 15 is 0 Å². The van der Waals surface area contributed by atoms with Gasteiger partial charge in [0.05, 0.1) is 6.61 Å². The number of rotatable bonds is 4. The summed E-state index contributed by atoms with van der Waals surface area (Å²) in [5.41, 5.74) is 0.144. The highest BCUT2D eigenvalue weighted by molar-refractivity contribution is 5.54. The third-order valence-corrected chi connectivity index (χ3v) is 3.67. The number of hydrogen-bond donors (Lipinski definition) is 4. The standard InChI is InChI=1S/C15H17N3O5/c19-8-10-12(20)13(21)14(23-10)18-7-6-11(17-15(18)22)16-9-4-2-1-3-5-9/h1-7,10,12-14,19-21H,8H2,(H,16,17,22)/t10-,12+,13+,14-/m0/s1. The molecule has 1 saturated heterocycles. The molecule has 2 aromatic rings. The maximum absolute atomic E-state index is 12.1. The van der Waals surface area contributed by atoms with Gasteiger partial charge in [-0.05, 0) is 18.2 Å². The molecule has 1 aliphatic rings. The third kappa shape index (κ3) is 3.10. The maximum Gasteiger partial charge on any atom is 0.351 e. The van der Waals surface area contributed by atoms with Crippen molar-refractivity contribution in [3.05, 3.63) is 53.1 Å². The van der Waals surface area contributed by atoms with Gasteiger partial charge >= 0.3 is 5.69 Å². The lowest BCUT2D eigenvalue weighted by molar-refractivity contribution is -0.0549. The van der Waals surface area contributed by atoms with Gasteiger partial charge in [0.1, 0.15) is 24.1 Å². The molecule has 0 saturated carbocycles. The SMILES string of the molecule is O=c1nc(Nc2ccccc2)ccn1[C@H]1O[C@@H](CO)[C@@H](O)[C@H]1O. The monoisotopic (exact) mass is 319 g/mol. The Morgan fingerprint density at radius 1 is 1.17 bits per heavy atom. The molecule has 1 aromatic carbocycles. The molecule has 1 fully saturated rings. The van der Waals surface area contributed by atoms with E-state index in [1.807, 2.05) is 30.3 Å². The minimum atomic E-state index is -1.32. The fourth-order valence-electron chi connectivity index (χ4n) is 2.46. The van der Waals surface area contributed by atoms with Crippen LogP contribution in [0.2, 0.25) is 0 Å². The highest BCUT2D eigenvalue weighted by atomic mass is 16.6. The number of aliphatic hydroxyl groups is 3. The molecular weight excluding hydrogens is 302 g/mol. The van der Waals surface area contributed by atoms with E-state index < -0.39 is 36.8 Å². The molecule has 0 aliphatic carbocycles. The number of para-hydroxylation sites is 1. The predicted molar refractivity (Wildman–Crippen MR) is 81.2 cm³/mol. The van der Waals surface area contributed by atoms with Crippen LogP contribution in [0.15, 0.2) is 47.4 Å². The number of anilines is 2. The normalized spacial score (nSPS) is 27.1. The second-order valence-electron chi connectivity index (χ2n) is 5.22. The fourth-order valence-corrected chi connectivity index (χ4v) is 2.46. The number of aromatic nitrogens is 2. The Morgan fingerprint density at radius 2 is 1.91 bits per heavy atom. The molecule has 122 valence electrons. The number of aliphatic hydroxyl groups excluding tert-OH is 3. The molecule has 2 heterocycles. The van der Waals surface area contributed by atoms with Gasteiger partial charge in [0.15, 0.2) is 6.23 Å². The van der Waals surface area contributed by atoms with E-state index in [1.165, 1.54) is 6.20 Å². The molecule has 0 spiro atoms. The van der Waals surface area contributed by atoms with Gasteiger partial charge in [0.25, 0.3) is 0 Å². The van der Waals surface area contributed by atoms with Crippen LogP contribution >= 0.6 is 0 Å². The number of benzene rings is 1. The van der Waals surface area contributed by atoms with Crippen molar-refractivity contribution in [2.24, 2.45) is 0 Å². The Hall–Kier alpha value is -2.26. The quantitative estimate of drug-likeness (QED) is 0.606. The molecule has 23 heavy (non-hydrogen) atoms. The molecule has 8 heteroatoms. The van der Waals surface area contributed by atoms with Crippen LogP contribution in [0.1, 0.15) is 6.23 Å². The van der Waals surface area contributed by atoms with Crippen LogP contribution in [-0.4, -0.2) is 49.8 Å². The van der Waals surface area contributed by atoms with E-state index in [1.54, 1.807) is 6.07 Å². The van der Waals surface area contributed by atoms with Gasteiger partial charge in [0, 0.05) is 11.9 Å². The molecule has 0 unspecified atom stereocenters. The summed E-state index contributed by atoms with van der Waals surface area (Å²) >= 11 is 0. The fraction of sp³-hybridized carbons (Fsp3) is 0.333. The maximum atomic E-state index is 12.1. The lowest BCUT2D eigenvalue weighted by atomic mass is 10.1. The lowest BCUT2D eigenvalue weighted by Gasteiger charge is -2.17. The predicted octanol–water partition coefficient (Wildman–Crippen LogP) is -0.402. The molecule has 0 bridgehead atoms. The highest BCUT2D eigenvalue weighted by Crippen LogP contribution is 2.28. The van der Waals surface area contributed by atoms with Crippen LogP contribution in [0.3, 0.4) is 0 Å². The topological polar surface area (TPSA) is 117 Å². The van der Waals surface area contributed by atoms with Gasteiger partial charge in [-0.3, -0.25) is 4.57 Å². The van der Waals surface area contributed by atoms with Crippen molar-refractivity contribution in [3.63, 3.8) is 0 Å². The van der Waals surface area contributed by atoms with E-state index in [4.69, 9.17) is 9.84 Å². The number of ether oxygens (including phenoxy) is 1. The molecule has 0 amide bonds. The van der Waals surface area contributed by atoms with Crippen molar-refractivity contribution in [1.82, 2.24) is 9.55 Å². The van der Waals surface area contributed by atoms with E-state index in [9.17, 15) is 15.0 Å². The third-order valence-electron chi connectivity index (χ3n) is 3.67. The van der Waals surface area contributed by atoms with Crippen molar-refractivity contribution in [3.8, 4) is 0 Å². The summed E-state index contributed by atoms with van der Waals surface area (Å²) in [4.78, 5) is 16.0. The van der Waals surface area contributed by atoms with Gasteiger partial charge in [0.2, 0.25) is 0 Å². The van der Waals surface area contributed by atoms with Crippen LogP contribution in [-0.2, 0) is 4.74 Å². The molecule has 1 aliphatic heterocycles. The zero-order valence-electron chi connectivity index (χ0n) is 12.1. The van der Waals surface area contributed by atoms with E-state index in [2.05, 4.69) is 10.3 Å². The number of nitrogens with zero attached hydrogens (tertiary/aromatic N) is 2. The smallest absolute Gasteiger partial charge is 0.351 e. The van der Waals surface area contributed by atoms with Crippen molar-refractivity contribution in [2.75, 3.05) is 11.9 Å². The van der Waals surface area contributed by atoms with Gasteiger partial charge in [-0.25, -0.2) is 4.79 Å². The molecule has 4 N–H and O–H groups in total. The average molecular weight is 319 g/mol. The van der Waals surface area contributed by atoms with Crippen LogP contribution in [0.25, 0.3) is 0 Å². The highest BCUT2D eigenvalue weighted by Gasteiger charge is 2.43. The summed E-state index contributed by atoms with van der Waals surface area (Å²) in [5.74, 6) is 0.351. The second kappa shape index (κ2) is 6.47. The first-order valence-electron chi connectivity index (χ1n) is 7.14. The molecule has 8 nitrogen and oxygen atoms in total. The van der Waals surface area contributed by atoms with E-state index in [-0.39, 0.29) is 0 Å². The van der Waals surface area contributed by atoms with Crippen LogP contribution in [0.4, 0.5) is 11.5 Å². The average Bonchev–Trinajstić information content (AvgIpc) is 2.84. The minimum absolute atomic E-state index is 0.351. The Morgan fingerprint density at radius 3 is 2.52 bits per heavy atom. The summed E-state index contributed by atoms with van der Waals surface area (Å²) < 4.78 is 6.40. The van der Waals surface area contributed by atoms with Crippen LogP contribution in [0.5, 0.6) is 0 Å². The van der Waals surface area contributed by atoms with E-state index in [0.717, 1.165) is 10.3 Å². The first-order chi connectivity index (χ1) is 11.1. The van der Waals surface area contributed by atoms with Crippen molar-refractivity contribution in [1.29, 1.82) is 0 Å².